The Morgan fingerprint density at radius 3 is 1.47 bits per heavy atom. The molecule has 15 heavy (non-hydrogen) atoms. The zero-order valence-corrected chi connectivity index (χ0v) is 10.9. The van der Waals surface area contributed by atoms with E-state index in [9.17, 15) is 0 Å². The van der Waals surface area contributed by atoms with Gasteiger partial charge in [0.25, 0.3) is 0 Å². The zero-order valence-electron chi connectivity index (χ0n) is 9.96. The molecule has 2 aliphatic rings. The molecule has 0 atom stereocenters. The van der Waals surface area contributed by atoms with E-state index in [1.165, 1.54) is 64.2 Å². The van der Waals surface area contributed by atoms with Gasteiger partial charge in [-0.1, -0.05) is 38.5 Å². The Morgan fingerprint density at radius 1 is 0.733 bits per heavy atom. The van der Waals surface area contributed by atoms with Crippen LogP contribution < -0.4 is 0 Å². The van der Waals surface area contributed by atoms with Crippen LogP contribution in [0.2, 0.25) is 0 Å². The molecule has 0 amide bonds. The second-order valence-electron chi connectivity index (χ2n) is 5.28. The highest BCUT2D eigenvalue weighted by atomic mass is 31.1. The molecule has 2 radical (unpaired) electrons. The van der Waals surface area contributed by atoms with E-state index in [0.29, 0.717) is 0 Å². The first-order valence-corrected chi connectivity index (χ1v) is 8.54. The molecule has 0 nitrogen and oxygen atoms in total. The topological polar surface area (TPSA) is 0 Å². The van der Waals surface area contributed by atoms with E-state index < -0.39 is 0 Å². The van der Waals surface area contributed by atoms with Gasteiger partial charge >= 0.3 is 0 Å². The zero-order chi connectivity index (χ0) is 10.5. The van der Waals surface area contributed by atoms with Crippen molar-refractivity contribution in [3.05, 3.63) is 6.92 Å². The van der Waals surface area contributed by atoms with Crippen LogP contribution in [0.1, 0.15) is 64.2 Å². The van der Waals surface area contributed by atoms with Crippen LogP contribution in [-0.4, -0.2) is 17.5 Å². The van der Waals surface area contributed by atoms with Crippen molar-refractivity contribution in [3.8, 4) is 0 Å². The summed E-state index contributed by atoms with van der Waals surface area (Å²) in [6, 6.07) is 0. The van der Waals surface area contributed by atoms with Gasteiger partial charge in [-0.25, -0.2) is 0 Å². The predicted octanol–water partition coefficient (Wildman–Crippen LogP) is 4.84. The molecule has 0 aromatic carbocycles. The molecule has 0 bridgehead atoms. The molecule has 0 N–H and O–H groups in total. The van der Waals surface area contributed by atoms with E-state index >= 15 is 0 Å². The van der Waals surface area contributed by atoms with E-state index in [2.05, 4.69) is 0 Å². The lowest BCUT2D eigenvalue weighted by Crippen LogP contribution is -2.21. The quantitative estimate of drug-likeness (QED) is 0.601. The average molecular weight is 224 g/mol. The van der Waals surface area contributed by atoms with Gasteiger partial charge in [0, 0.05) is 0 Å². The monoisotopic (exact) mass is 224 g/mol. The lowest BCUT2D eigenvalue weighted by atomic mass is 9.99. The summed E-state index contributed by atoms with van der Waals surface area (Å²) >= 11 is 0. The third-order valence-electron chi connectivity index (χ3n) is 4.30. The third-order valence-corrected chi connectivity index (χ3v) is 7.63. The van der Waals surface area contributed by atoms with Gasteiger partial charge in [-0.3, -0.25) is 0 Å². The second kappa shape index (κ2) is 6.24. The summed E-state index contributed by atoms with van der Waals surface area (Å²) in [7, 11) is 0.183. The summed E-state index contributed by atoms with van der Waals surface area (Å²) in [5, 5.41) is 0. The molecule has 86 valence electrons. The van der Waals surface area contributed by atoms with Crippen molar-refractivity contribution in [2.24, 2.45) is 0 Å². The molecule has 2 fully saturated rings. The molecule has 0 aliphatic heterocycles. The maximum atomic E-state index is 6.06. The summed E-state index contributed by atoms with van der Waals surface area (Å²) < 4.78 is 0. The Bertz CT molecular complexity index is 148. The van der Waals surface area contributed by atoms with Crippen molar-refractivity contribution in [1.82, 2.24) is 0 Å². The van der Waals surface area contributed by atoms with Gasteiger partial charge in [-0.2, -0.15) is 0 Å². The third kappa shape index (κ3) is 3.19. The van der Waals surface area contributed by atoms with Crippen molar-refractivity contribution in [3.63, 3.8) is 0 Å². The standard InChI is InChI=1S/C14H25P/c1-2-15(13-9-5-3-6-10-13)14-11-7-4-8-12-14/h1,13-14H,2-12H2. The second-order valence-corrected chi connectivity index (χ2v) is 8.13. The highest BCUT2D eigenvalue weighted by Crippen LogP contribution is 2.55. The van der Waals surface area contributed by atoms with Crippen LogP contribution >= 0.6 is 7.92 Å². The smallest absolute Gasteiger partial charge is 0.0207 e. The Balaban J connectivity index is 1.88. The van der Waals surface area contributed by atoms with E-state index in [1.54, 1.807) is 0 Å². The molecule has 2 rings (SSSR count). The van der Waals surface area contributed by atoms with Gasteiger partial charge in [-0.15, -0.1) is 7.92 Å². The number of hydrogen-bond acceptors (Lipinski definition) is 0. The highest BCUT2D eigenvalue weighted by molar-refractivity contribution is 7.59. The van der Waals surface area contributed by atoms with Gasteiger partial charge in [0.1, 0.15) is 0 Å². The molecular formula is C14H25P. The van der Waals surface area contributed by atoms with Crippen LogP contribution in [0.4, 0.5) is 0 Å². The summed E-state index contributed by atoms with van der Waals surface area (Å²) in [6.45, 7) is 6.06. The van der Waals surface area contributed by atoms with Crippen molar-refractivity contribution >= 4 is 7.92 Å². The maximum absolute atomic E-state index is 6.06. The molecule has 2 aliphatic carbocycles. The molecule has 2 saturated carbocycles. The molecule has 0 heterocycles. The van der Waals surface area contributed by atoms with Crippen molar-refractivity contribution in [1.29, 1.82) is 0 Å². The minimum Gasteiger partial charge on any atom is -0.100 e. The van der Waals surface area contributed by atoms with Crippen molar-refractivity contribution in [2.45, 2.75) is 75.5 Å². The van der Waals surface area contributed by atoms with Crippen LogP contribution in [0.25, 0.3) is 0 Å². The van der Waals surface area contributed by atoms with Crippen LogP contribution in [0, 0.1) is 6.92 Å². The first kappa shape index (κ1) is 11.9. The fraction of sp³-hybridized carbons (Fsp3) is 0.929. The van der Waals surface area contributed by atoms with E-state index in [1.807, 2.05) is 0 Å². The van der Waals surface area contributed by atoms with Crippen LogP contribution in [0.3, 0.4) is 0 Å². The van der Waals surface area contributed by atoms with E-state index in [4.69, 9.17) is 6.92 Å². The molecule has 0 saturated heterocycles. The van der Waals surface area contributed by atoms with Crippen molar-refractivity contribution < 1.29 is 0 Å². The minimum atomic E-state index is 0.183. The highest BCUT2D eigenvalue weighted by Gasteiger charge is 2.29. The lowest BCUT2D eigenvalue weighted by molar-refractivity contribution is 0.485. The Morgan fingerprint density at radius 2 is 1.13 bits per heavy atom. The first-order chi connectivity index (χ1) is 7.42. The lowest BCUT2D eigenvalue weighted by Gasteiger charge is -2.37. The number of hydrogen-bond donors (Lipinski definition) is 0. The molecule has 1 heteroatoms. The van der Waals surface area contributed by atoms with Crippen LogP contribution in [0.5, 0.6) is 0 Å². The average Bonchev–Trinajstić information content (AvgIpc) is 2.33. The van der Waals surface area contributed by atoms with Gasteiger partial charge in [0.15, 0.2) is 0 Å². The Labute approximate surface area is 97.0 Å². The number of rotatable bonds is 3. The molecule has 0 unspecified atom stereocenters. The van der Waals surface area contributed by atoms with Gasteiger partial charge < -0.3 is 0 Å². The van der Waals surface area contributed by atoms with Crippen LogP contribution in [0.15, 0.2) is 0 Å². The fourth-order valence-corrected chi connectivity index (χ4v) is 6.67. The maximum Gasteiger partial charge on any atom is -0.0207 e. The molecule has 0 aromatic rings. The summed E-state index contributed by atoms with van der Waals surface area (Å²) in [5.74, 6) is 0. The summed E-state index contributed by atoms with van der Waals surface area (Å²) in [4.78, 5) is 0. The fourth-order valence-electron chi connectivity index (χ4n) is 3.42. The predicted molar refractivity (Wildman–Crippen MR) is 69.8 cm³/mol. The van der Waals surface area contributed by atoms with Crippen molar-refractivity contribution in [2.75, 3.05) is 6.16 Å². The SMILES string of the molecule is [CH]CP(C1CCCCC1)C1CCCCC1. The van der Waals surface area contributed by atoms with Gasteiger partial charge in [-0.05, 0) is 50.1 Å². The summed E-state index contributed by atoms with van der Waals surface area (Å²) in [6.07, 6.45) is 15.9. The molecular weight excluding hydrogens is 199 g/mol. The summed E-state index contributed by atoms with van der Waals surface area (Å²) in [5.41, 5.74) is 2.09. The Hall–Kier alpha value is 0.430. The van der Waals surface area contributed by atoms with E-state index in [0.717, 1.165) is 17.5 Å². The molecule has 0 aromatic heterocycles. The normalized spacial score (nSPS) is 26.0. The van der Waals surface area contributed by atoms with E-state index in [-0.39, 0.29) is 7.92 Å². The van der Waals surface area contributed by atoms with Crippen LogP contribution in [-0.2, 0) is 0 Å². The first-order valence-electron chi connectivity index (χ1n) is 6.87. The largest absolute Gasteiger partial charge is 0.100 e. The minimum absolute atomic E-state index is 0.183. The van der Waals surface area contributed by atoms with Gasteiger partial charge in [0.2, 0.25) is 0 Å². The van der Waals surface area contributed by atoms with Gasteiger partial charge in [0.05, 0.1) is 0 Å². The Kier molecular flexibility index (Phi) is 4.95. The molecule has 0 spiro atoms.